The van der Waals surface area contributed by atoms with E-state index >= 15 is 0 Å². The van der Waals surface area contributed by atoms with Crippen molar-refractivity contribution < 1.29 is 4.39 Å². The van der Waals surface area contributed by atoms with Gasteiger partial charge in [-0.3, -0.25) is 0 Å². The molecule has 20 heavy (non-hydrogen) atoms. The zero-order valence-corrected chi connectivity index (χ0v) is 14.2. The highest BCUT2D eigenvalue weighted by molar-refractivity contribution is 8.03. The highest BCUT2D eigenvalue weighted by atomic mass is 32.2. The molecule has 1 aromatic heterocycles. The van der Waals surface area contributed by atoms with Gasteiger partial charge in [0.05, 0.1) is 0 Å². The van der Waals surface area contributed by atoms with E-state index < -0.39 is 0 Å². The Morgan fingerprint density at radius 3 is 2.60 bits per heavy atom. The van der Waals surface area contributed by atoms with Crippen LogP contribution in [0.15, 0.2) is 25.7 Å². The summed E-state index contributed by atoms with van der Waals surface area (Å²) < 4.78 is 15.6. The first-order valence-corrected chi connectivity index (χ1v) is 8.93. The van der Waals surface area contributed by atoms with Crippen LogP contribution in [-0.2, 0) is 0 Å². The van der Waals surface area contributed by atoms with E-state index in [-0.39, 0.29) is 11.9 Å². The second-order valence-corrected chi connectivity index (χ2v) is 7.61. The number of nitrogens with zero attached hydrogens (tertiary/aromatic N) is 2. The maximum atomic E-state index is 13.8. The molecule has 0 fully saturated rings. The molecule has 0 radical (unpaired) electrons. The van der Waals surface area contributed by atoms with Crippen LogP contribution in [-0.4, -0.2) is 23.5 Å². The quantitative estimate of drug-likeness (QED) is 0.835. The third-order valence-electron chi connectivity index (χ3n) is 2.95. The van der Waals surface area contributed by atoms with E-state index in [1.165, 1.54) is 0 Å². The van der Waals surface area contributed by atoms with Crippen LogP contribution in [0, 0.1) is 12.7 Å². The SMILES string of the molecule is CNC(C)c1cc(F)c(C)cc1Sc1nnc(SC)s1. The molecule has 0 spiro atoms. The molecule has 1 aromatic carbocycles. The molecule has 108 valence electrons. The lowest BCUT2D eigenvalue weighted by Gasteiger charge is -2.16. The van der Waals surface area contributed by atoms with Crippen LogP contribution in [0.25, 0.3) is 0 Å². The summed E-state index contributed by atoms with van der Waals surface area (Å²) in [6, 6.07) is 3.57. The first kappa shape index (κ1) is 15.8. The molecular formula is C13H16FN3S3. The molecule has 1 N–H and O–H groups in total. The van der Waals surface area contributed by atoms with Crippen LogP contribution in [0.2, 0.25) is 0 Å². The van der Waals surface area contributed by atoms with E-state index in [1.807, 2.05) is 26.3 Å². The number of nitrogens with one attached hydrogen (secondary N) is 1. The van der Waals surface area contributed by atoms with E-state index in [4.69, 9.17) is 0 Å². The van der Waals surface area contributed by atoms with Crippen LogP contribution in [0.3, 0.4) is 0 Å². The number of aryl methyl sites for hydroxylation is 1. The van der Waals surface area contributed by atoms with Gasteiger partial charge in [-0.25, -0.2) is 4.39 Å². The third kappa shape index (κ3) is 3.52. The lowest BCUT2D eigenvalue weighted by atomic mass is 10.1. The molecule has 0 saturated carbocycles. The summed E-state index contributed by atoms with van der Waals surface area (Å²) in [6.07, 6.45) is 1.98. The smallest absolute Gasteiger partial charge is 0.179 e. The van der Waals surface area contributed by atoms with Gasteiger partial charge in [0.15, 0.2) is 8.68 Å². The highest BCUT2D eigenvalue weighted by Gasteiger charge is 2.15. The summed E-state index contributed by atoms with van der Waals surface area (Å²) in [5, 5.41) is 11.4. The van der Waals surface area contributed by atoms with Crippen molar-refractivity contribution in [1.82, 2.24) is 15.5 Å². The van der Waals surface area contributed by atoms with Crippen LogP contribution < -0.4 is 5.32 Å². The Labute approximate surface area is 130 Å². The molecule has 3 nitrogen and oxygen atoms in total. The zero-order valence-electron chi connectivity index (χ0n) is 11.7. The minimum Gasteiger partial charge on any atom is -0.313 e. The molecule has 0 aliphatic rings. The van der Waals surface area contributed by atoms with Gasteiger partial charge in [-0.1, -0.05) is 34.9 Å². The molecule has 0 bridgehead atoms. The Morgan fingerprint density at radius 2 is 2.00 bits per heavy atom. The molecule has 1 atom stereocenters. The second kappa shape index (κ2) is 6.89. The Morgan fingerprint density at radius 1 is 1.30 bits per heavy atom. The first-order valence-electron chi connectivity index (χ1n) is 6.07. The Hall–Kier alpha value is -0.630. The summed E-state index contributed by atoms with van der Waals surface area (Å²) >= 11 is 4.68. The molecule has 1 unspecified atom stereocenters. The van der Waals surface area contributed by atoms with Gasteiger partial charge in [0, 0.05) is 10.9 Å². The molecule has 2 aromatic rings. The van der Waals surface area contributed by atoms with Crippen LogP contribution >= 0.6 is 34.9 Å². The Bertz CT molecular complexity index is 601. The summed E-state index contributed by atoms with van der Waals surface area (Å²) in [7, 11) is 1.87. The van der Waals surface area contributed by atoms with Crippen molar-refractivity contribution in [3.8, 4) is 0 Å². The van der Waals surface area contributed by atoms with Crippen LogP contribution in [0.5, 0.6) is 0 Å². The minimum atomic E-state index is -0.173. The van der Waals surface area contributed by atoms with E-state index in [2.05, 4.69) is 15.5 Å². The van der Waals surface area contributed by atoms with Crippen molar-refractivity contribution in [3.63, 3.8) is 0 Å². The van der Waals surface area contributed by atoms with Crippen molar-refractivity contribution in [3.05, 3.63) is 29.1 Å². The molecule has 1 heterocycles. The van der Waals surface area contributed by atoms with E-state index in [0.717, 1.165) is 19.1 Å². The number of hydrogen-bond donors (Lipinski definition) is 1. The fourth-order valence-corrected chi connectivity index (χ4v) is 4.36. The maximum Gasteiger partial charge on any atom is 0.179 e. The molecule has 0 amide bonds. The van der Waals surface area contributed by atoms with E-state index in [1.54, 1.807) is 47.9 Å². The summed E-state index contributed by atoms with van der Waals surface area (Å²) in [4.78, 5) is 1.02. The molecule has 0 aliphatic carbocycles. The number of aromatic nitrogens is 2. The van der Waals surface area contributed by atoms with Gasteiger partial charge in [-0.2, -0.15) is 0 Å². The van der Waals surface area contributed by atoms with Gasteiger partial charge in [0.1, 0.15) is 5.82 Å². The lowest BCUT2D eigenvalue weighted by Crippen LogP contribution is -2.13. The topological polar surface area (TPSA) is 37.8 Å². The van der Waals surface area contributed by atoms with Gasteiger partial charge in [-0.15, -0.1) is 10.2 Å². The summed E-state index contributed by atoms with van der Waals surface area (Å²) in [5.74, 6) is -0.173. The average Bonchev–Trinajstić information content (AvgIpc) is 2.89. The standard InChI is InChI=1S/C13H16FN3S3/c1-7-5-11(9(6-10(7)14)8(2)15-3)19-13-17-16-12(18-4)20-13/h5-6,8,15H,1-4H3. The van der Waals surface area contributed by atoms with Gasteiger partial charge in [0.25, 0.3) is 0 Å². The first-order chi connectivity index (χ1) is 9.55. The second-order valence-electron chi connectivity index (χ2n) is 4.29. The van der Waals surface area contributed by atoms with Gasteiger partial charge in [-0.05, 0) is 50.4 Å². The predicted molar refractivity (Wildman–Crippen MR) is 84.4 cm³/mol. The monoisotopic (exact) mass is 329 g/mol. The van der Waals surface area contributed by atoms with Crippen LogP contribution in [0.1, 0.15) is 24.1 Å². The number of benzene rings is 1. The lowest BCUT2D eigenvalue weighted by molar-refractivity contribution is 0.594. The normalized spacial score (nSPS) is 12.7. The molecule has 0 aliphatic heterocycles. The van der Waals surface area contributed by atoms with Crippen LogP contribution in [0.4, 0.5) is 4.39 Å². The summed E-state index contributed by atoms with van der Waals surface area (Å²) in [6.45, 7) is 3.79. The van der Waals surface area contributed by atoms with Gasteiger partial charge in [0.2, 0.25) is 0 Å². The number of thioether (sulfide) groups is 1. The molecule has 0 saturated heterocycles. The number of halogens is 1. The molecule has 2 rings (SSSR count). The number of hydrogen-bond acceptors (Lipinski definition) is 6. The van der Waals surface area contributed by atoms with Crippen molar-refractivity contribution in [2.24, 2.45) is 0 Å². The van der Waals surface area contributed by atoms with E-state index in [9.17, 15) is 4.39 Å². The van der Waals surface area contributed by atoms with Crippen molar-refractivity contribution >= 4 is 34.9 Å². The van der Waals surface area contributed by atoms with Crippen molar-refractivity contribution in [2.45, 2.75) is 33.5 Å². The fraction of sp³-hybridized carbons (Fsp3) is 0.385. The number of rotatable bonds is 5. The summed E-state index contributed by atoms with van der Waals surface area (Å²) in [5.41, 5.74) is 1.59. The largest absolute Gasteiger partial charge is 0.313 e. The highest BCUT2D eigenvalue weighted by Crippen LogP contribution is 2.37. The minimum absolute atomic E-state index is 0.0838. The molecular weight excluding hydrogens is 313 g/mol. The predicted octanol–water partition coefficient (Wildman–Crippen LogP) is 4.14. The van der Waals surface area contributed by atoms with E-state index in [0.29, 0.717) is 5.56 Å². The average molecular weight is 329 g/mol. The maximum absolute atomic E-state index is 13.8. The van der Waals surface area contributed by atoms with Crippen molar-refractivity contribution in [2.75, 3.05) is 13.3 Å². The van der Waals surface area contributed by atoms with Gasteiger partial charge < -0.3 is 5.32 Å². The Kier molecular flexibility index (Phi) is 5.42. The Balaban J connectivity index is 2.36. The molecule has 7 heteroatoms. The third-order valence-corrected chi connectivity index (χ3v) is 5.97. The fourth-order valence-electron chi connectivity index (χ4n) is 1.67. The van der Waals surface area contributed by atoms with Gasteiger partial charge >= 0.3 is 0 Å². The van der Waals surface area contributed by atoms with Crippen molar-refractivity contribution in [1.29, 1.82) is 0 Å². The zero-order chi connectivity index (χ0) is 14.7.